The number of hydrogen-bond donors (Lipinski definition) is 2. The maximum atomic E-state index is 11.5. The second-order valence-corrected chi connectivity index (χ2v) is 5.89. The van der Waals surface area contributed by atoms with Crippen molar-refractivity contribution in [2.75, 3.05) is 6.54 Å². The summed E-state index contributed by atoms with van der Waals surface area (Å²) in [7, 11) is 0. The van der Waals surface area contributed by atoms with Crippen LogP contribution in [0, 0.1) is 6.92 Å². The Balaban J connectivity index is 1.56. The van der Waals surface area contributed by atoms with E-state index in [2.05, 4.69) is 28.8 Å². The zero-order valence-electron chi connectivity index (χ0n) is 13.3. The van der Waals surface area contributed by atoms with E-state index in [1.807, 2.05) is 37.3 Å². The zero-order valence-corrected chi connectivity index (χ0v) is 13.3. The van der Waals surface area contributed by atoms with Crippen LogP contribution in [0.25, 0.3) is 0 Å². The van der Waals surface area contributed by atoms with Crippen molar-refractivity contribution in [2.45, 2.75) is 32.5 Å². The van der Waals surface area contributed by atoms with Gasteiger partial charge in [0.05, 0.1) is 6.04 Å². The van der Waals surface area contributed by atoms with Crippen molar-refractivity contribution in [1.82, 2.24) is 10.6 Å². The van der Waals surface area contributed by atoms with Gasteiger partial charge in [0, 0.05) is 13.1 Å². The molecule has 1 aliphatic heterocycles. The first-order valence-electron chi connectivity index (χ1n) is 8.00. The van der Waals surface area contributed by atoms with E-state index < -0.39 is 0 Å². The van der Waals surface area contributed by atoms with Crippen LogP contribution in [0.15, 0.2) is 48.5 Å². The average molecular weight is 310 g/mol. The first-order valence-corrected chi connectivity index (χ1v) is 8.00. The lowest BCUT2D eigenvalue weighted by Gasteiger charge is -2.13. The van der Waals surface area contributed by atoms with Crippen LogP contribution in [0.3, 0.4) is 0 Å². The Morgan fingerprint density at radius 3 is 2.70 bits per heavy atom. The van der Waals surface area contributed by atoms with Gasteiger partial charge in [-0.05, 0) is 36.1 Å². The van der Waals surface area contributed by atoms with Gasteiger partial charge in [0.15, 0.2) is 0 Å². The van der Waals surface area contributed by atoms with Gasteiger partial charge in [0.1, 0.15) is 12.4 Å². The van der Waals surface area contributed by atoms with E-state index in [4.69, 9.17) is 4.74 Å². The number of carbonyl (C=O) groups is 1. The molecule has 0 bridgehead atoms. The molecule has 3 rings (SSSR count). The summed E-state index contributed by atoms with van der Waals surface area (Å²) in [5.41, 5.74) is 3.43. The Kier molecular flexibility index (Phi) is 4.93. The van der Waals surface area contributed by atoms with E-state index in [0.717, 1.165) is 35.4 Å². The summed E-state index contributed by atoms with van der Waals surface area (Å²) in [5.74, 6) is 1.00. The molecule has 1 fully saturated rings. The molecule has 0 saturated carbocycles. The largest absolute Gasteiger partial charge is 0.489 e. The predicted molar refractivity (Wildman–Crippen MR) is 90.2 cm³/mol. The molecule has 1 saturated heterocycles. The Morgan fingerprint density at radius 2 is 2.00 bits per heavy atom. The molecular weight excluding hydrogens is 288 g/mol. The predicted octanol–water partition coefficient (Wildman–Crippen LogP) is 2.55. The number of ether oxygens (including phenoxy) is 1. The van der Waals surface area contributed by atoms with Gasteiger partial charge in [-0.25, -0.2) is 0 Å². The highest BCUT2D eigenvalue weighted by Crippen LogP contribution is 2.20. The number of benzene rings is 2. The van der Waals surface area contributed by atoms with E-state index in [1.54, 1.807) is 0 Å². The van der Waals surface area contributed by atoms with Gasteiger partial charge in [-0.3, -0.25) is 4.79 Å². The third-order valence-corrected chi connectivity index (χ3v) is 4.08. The molecule has 1 aliphatic rings. The number of nitrogens with one attached hydrogen (secondary N) is 2. The first kappa shape index (κ1) is 15.6. The van der Waals surface area contributed by atoms with Crippen molar-refractivity contribution in [3.8, 4) is 5.75 Å². The van der Waals surface area contributed by atoms with Crippen molar-refractivity contribution in [1.29, 1.82) is 0 Å². The summed E-state index contributed by atoms with van der Waals surface area (Å²) in [6.45, 7) is 4.08. The lowest BCUT2D eigenvalue weighted by Crippen LogP contribution is -2.35. The van der Waals surface area contributed by atoms with Crippen LogP contribution in [0.1, 0.15) is 23.1 Å². The van der Waals surface area contributed by atoms with Gasteiger partial charge in [-0.2, -0.15) is 0 Å². The van der Waals surface area contributed by atoms with Crippen LogP contribution in [-0.4, -0.2) is 18.5 Å². The minimum atomic E-state index is -0.0655. The summed E-state index contributed by atoms with van der Waals surface area (Å²) in [4.78, 5) is 11.5. The first-order chi connectivity index (χ1) is 11.2. The molecule has 1 heterocycles. The molecule has 1 unspecified atom stereocenters. The normalized spacial score (nSPS) is 17.1. The molecule has 0 radical (unpaired) electrons. The fourth-order valence-electron chi connectivity index (χ4n) is 2.75. The third-order valence-electron chi connectivity index (χ3n) is 4.08. The van der Waals surface area contributed by atoms with E-state index >= 15 is 0 Å². The third kappa shape index (κ3) is 4.11. The van der Waals surface area contributed by atoms with Crippen LogP contribution in [0.2, 0.25) is 0 Å². The van der Waals surface area contributed by atoms with E-state index in [0.29, 0.717) is 13.2 Å². The molecule has 2 aromatic rings. The topological polar surface area (TPSA) is 50.4 Å². The maximum Gasteiger partial charge on any atom is 0.237 e. The summed E-state index contributed by atoms with van der Waals surface area (Å²) < 4.78 is 5.89. The summed E-state index contributed by atoms with van der Waals surface area (Å²) >= 11 is 0. The van der Waals surface area contributed by atoms with Crippen LogP contribution in [-0.2, 0) is 17.9 Å². The van der Waals surface area contributed by atoms with Crippen molar-refractivity contribution >= 4 is 5.91 Å². The highest BCUT2D eigenvalue weighted by Gasteiger charge is 2.22. The fourth-order valence-corrected chi connectivity index (χ4v) is 2.75. The molecule has 0 aliphatic carbocycles. The van der Waals surface area contributed by atoms with Gasteiger partial charge >= 0.3 is 0 Å². The fraction of sp³-hybridized carbons (Fsp3) is 0.316. The van der Waals surface area contributed by atoms with E-state index in [-0.39, 0.29) is 11.9 Å². The number of amides is 1. The van der Waals surface area contributed by atoms with Crippen molar-refractivity contribution in [3.63, 3.8) is 0 Å². The minimum absolute atomic E-state index is 0.0655. The smallest absolute Gasteiger partial charge is 0.237 e. The van der Waals surface area contributed by atoms with Gasteiger partial charge < -0.3 is 15.4 Å². The number of hydrogen-bond acceptors (Lipinski definition) is 3. The SMILES string of the molecule is Cc1cc(CNC2CCNC2=O)ccc1OCc1ccccc1. The monoisotopic (exact) mass is 310 g/mol. The van der Waals surface area contributed by atoms with Gasteiger partial charge in [-0.15, -0.1) is 0 Å². The second kappa shape index (κ2) is 7.29. The van der Waals surface area contributed by atoms with Crippen LogP contribution in [0.4, 0.5) is 0 Å². The van der Waals surface area contributed by atoms with Crippen molar-refractivity contribution in [2.24, 2.45) is 0 Å². The molecular formula is C19H22N2O2. The highest BCUT2D eigenvalue weighted by molar-refractivity contribution is 5.83. The second-order valence-electron chi connectivity index (χ2n) is 5.89. The Bertz CT molecular complexity index is 670. The van der Waals surface area contributed by atoms with Gasteiger partial charge in [0.2, 0.25) is 5.91 Å². The quantitative estimate of drug-likeness (QED) is 0.862. The molecule has 4 heteroatoms. The molecule has 1 atom stereocenters. The maximum absolute atomic E-state index is 11.5. The number of carbonyl (C=O) groups excluding carboxylic acids is 1. The summed E-state index contributed by atoms with van der Waals surface area (Å²) in [6.07, 6.45) is 0.857. The molecule has 2 aromatic carbocycles. The molecule has 2 N–H and O–H groups in total. The van der Waals surface area contributed by atoms with Crippen LogP contribution >= 0.6 is 0 Å². The lowest BCUT2D eigenvalue weighted by atomic mass is 10.1. The molecule has 0 aromatic heterocycles. The number of aryl methyl sites for hydroxylation is 1. The van der Waals surface area contributed by atoms with E-state index in [9.17, 15) is 4.79 Å². The lowest BCUT2D eigenvalue weighted by molar-refractivity contribution is -0.120. The molecule has 23 heavy (non-hydrogen) atoms. The van der Waals surface area contributed by atoms with Crippen molar-refractivity contribution in [3.05, 3.63) is 65.2 Å². The summed E-state index contributed by atoms with van der Waals surface area (Å²) in [5, 5.41) is 6.14. The molecule has 0 spiro atoms. The number of rotatable bonds is 6. The molecule has 4 nitrogen and oxygen atoms in total. The van der Waals surface area contributed by atoms with Crippen LogP contribution < -0.4 is 15.4 Å². The summed E-state index contributed by atoms with van der Waals surface area (Å²) in [6, 6.07) is 16.2. The van der Waals surface area contributed by atoms with E-state index in [1.165, 1.54) is 0 Å². The Morgan fingerprint density at radius 1 is 1.17 bits per heavy atom. The molecule has 1 amide bonds. The highest BCUT2D eigenvalue weighted by atomic mass is 16.5. The standard InChI is InChI=1S/C19H22N2O2/c1-14-11-16(12-21-17-9-10-20-19(17)22)7-8-18(14)23-13-15-5-3-2-4-6-15/h2-8,11,17,21H,9-10,12-13H2,1H3,(H,20,22). The van der Waals surface area contributed by atoms with Gasteiger partial charge in [-0.1, -0.05) is 42.5 Å². The Hall–Kier alpha value is -2.33. The van der Waals surface area contributed by atoms with Crippen molar-refractivity contribution < 1.29 is 9.53 Å². The minimum Gasteiger partial charge on any atom is -0.489 e. The molecule has 120 valence electrons. The Labute approximate surface area is 136 Å². The van der Waals surface area contributed by atoms with Crippen LogP contribution in [0.5, 0.6) is 5.75 Å². The van der Waals surface area contributed by atoms with Gasteiger partial charge in [0.25, 0.3) is 0 Å². The zero-order chi connectivity index (χ0) is 16.1. The average Bonchev–Trinajstić information content (AvgIpc) is 2.98.